The number of nitrogen functional groups attached to an aromatic ring is 1. The van der Waals surface area contributed by atoms with Crippen LogP contribution in [0, 0.1) is 0 Å². The lowest BCUT2D eigenvalue weighted by molar-refractivity contribution is -0.138. The standard InChI is InChI=1S/C9H12N2O4S/c1-6(9(12)13)11-16(14,15)8-4-2-7(10)3-5-8/h2-6,11H,10H2,1H3,(H,12,13)/t6-/m0/s1. The fraction of sp³-hybridized carbons (Fsp3) is 0.222. The van der Waals surface area contributed by atoms with E-state index < -0.39 is 22.0 Å². The summed E-state index contributed by atoms with van der Waals surface area (Å²) in [5, 5.41) is 8.59. The van der Waals surface area contributed by atoms with Crippen LogP contribution in [0.5, 0.6) is 0 Å². The van der Waals surface area contributed by atoms with Gasteiger partial charge in [-0.25, -0.2) is 8.42 Å². The SMILES string of the molecule is C[C@H](NS(=O)(=O)c1ccc(N)cc1)C(=O)O. The van der Waals surface area contributed by atoms with Gasteiger partial charge in [0.1, 0.15) is 6.04 Å². The van der Waals surface area contributed by atoms with E-state index in [9.17, 15) is 13.2 Å². The number of benzene rings is 1. The Kier molecular flexibility index (Phi) is 3.51. The van der Waals surface area contributed by atoms with Crippen LogP contribution < -0.4 is 10.5 Å². The molecule has 88 valence electrons. The van der Waals surface area contributed by atoms with Crippen molar-refractivity contribution in [3.63, 3.8) is 0 Å². The Morgan fingerprint density at radius 2 is 1.88 bits per heavy atom. The lowest BCUT2D eigenvalue weighted by Gasteiger charge is -2.10. The Labute approximate surface area is 93.1 Å². The first-order chi connectivity index (χ1) is 7.33. The van der Waals surface area contributed by atoms with Gasteiger partial charge in [0.2, 0.25) is 10.0 Å². The summed E-state index contributed by atoms with van der Waals surface area (Å²) in [6.45, 7) is 1.25. The highest BCUT2D eigenvalue weighted by atomic mass is 32.2. The number of hydrogen-bond donors (Lipinski definition) is 3. The van der Waals surface area contributed by atoms with Crippen LogP contribution in [0.1, 0.15) is 6.92 Å². The van der Waals surface area contributed by atoms with E-state index in [-0.39, 0.29) is 4.90 Å². The van der Waals surface area contributed by atoms with Crippen LogP contribution in [0.2, 0.25) is 0 Å². The first kappa shape index (κ1) is 12.5. The highest BCUT2D eigenvalue weighted by molar-refractivity contribution is 7.89. The summed E-state index contributed by atoms with van der Waals surface area (Å²) >= 11 is 0. The minimum absolute atomic E-state index is 0.0187. The average Bonchev–Trinajstić information content (AvgIpc) is 2.17. The van der Waals surface area contributed by atoms with Crippen molar-refractivity contribution in [2.24, 2.45) is 0 Å². The molecule has 0 saturated heterocycles. The van der Waals surface area contributed by atoms with E-state index in [1.165, 1.54) is 31.2 Å². The monoisotopic (exact) mass is 244 g/mol. The molecule has 1 atom stereocenters. The lowest BCUT2D eigenvalue weighted by Crippen LogP contribution is -2.38. The molecule has 0 fully saturated rings. The summed E-state index contributed by atoms with van der Waals surface area (Å²) in [5.74, 6) is -1.24. The van der Waals surface area contributed by atoms with Crippen molar-refractivity contribution in [1.29, 1.82) is 0 Å². The molecule has 0 spiro atoms. The predicted octanol–water partition coefficient (Wildman–Crippen LogP) is 0.0202. The fourth-order valence-electron chi connectivity index (χ4n) is 0.998. The van der Waals surface area contributed by atoms with Crippen LogP contribution >= 0.6 is 0 Å². The van der Waals surface area contributed by atoms with E-state index in [1.807, 2.05) is 4.72 Å². The summed E-state index contributed by atoms with van der Waals surface area (Å²) in [5.41, 5.74) is 5.85. The van der Waals surface area contributed by atoms with Crippen molar-refractivity contribution in [2.45, 2.75) is 17.9 Å². The van der Waals surface area contributed by atoms with Gasteiger partial charge in [-0.1, -0.05) is 0 Å². The molecule has 4 N–H and O–H groups in total. The second-order valence-corrected chi connectivity index (χ2v) is 4.96. The maximum absolute atomic E-state index is 11.6. The van der Waals surface area contributed by atoms with Gasteiger partial charge in [-0.05, 0) is 31.2 Å². The summed E-state index contributed by atoms with van der Waals surface area (Å²) in [7, 11) is -3.81. The van der Waals surface area contributed by atoms with E-state index in [1.54, 1.807) is 0 Å². The van der Waals surface area contributed by atoms with Gasteiger partial charge in [0, 0.05) is 5.69 Å². The predicted molar refractivity (Wildman–Crippen MR) is 58.3 cm³/mol. The Balaban J connectivity index is 2.94. The topological polar surface area (TPSA) is 109 Å². The summed E-state index contributed by atoms with van der Waals surface area (Å²) < 4.78 is 25.3. The van der Waals surface area contributed by atoms with Gasteiger partial charge in [-0.2, -0.15) is 4.72 Å². The molecule has 0 bridgehead atoms. The van der Waals surface area contributed by atoms with Gasteiger partial charge in [0.05, 0.1) is 4.90 Å². The van der Waals surface area contributed by atoms with Gasteiger partial charge in [0.15, 0.2) is 0 Å². The molecule has 6 nitrogen and oxygen atoms in total. The zero-order chi connectivity index (χ0) is 12.3. The third-order valence-corrected chi connectivity index (χ3v) is 3.45. The second-order valence-electron chi connectivity index (χ2n) is 3.25. The van der Waals surface area contributed by atoms with Crippen LogP contribution in [0.15, 0.2) is 29.2 Å². The Morgan fingerprint density at radius 3 is 2.31 bits per heavy atom. The Hall–Kier alpha value is -1.60. The number of nitrogens with two attached hydrogens (primary N) is 1. The smallest absolute Gasteiger partial charge is 0.321 e. The summed E-state index contributed by atoms with van der Waals surface area (Å²) in [6.07, 6.45) is 0. The van der Waals surface area contributed by atoms with E-state index >= 15 is 0 Å². The number of aliphatic carboxylic acids is 1. The molecule has 1 aromatic rings. The zero-order valence-corrected chi connectivity index (χ0v) is 9.36. The average molecular weight is 244 g/mol. The minimum atomic E-state index is -3.81. The molecular formula is C9H12N2O4S. The van der Waals surface area contributed by atoms with Crippen LogP contribution in [-0.2, 0) is 14.8 Å². The van der Waals surface area contributed by atoms with Gasteiger partial charge in [0.25, 0.3) is 0 Å². The first-order valence-corrected chi connectivity index (χ1v) is 5.92. The van der Waals surface area contributed by atoms with Crippen molar-refractivity contribution in [2.75, 3.05) is 5.73 Å². The third kappa shape index (κ3) is 2.94. The number of carboxylic acids is 1. The quantitative estimate of drug-likeness (QED) is 0.647. The van der Waals surface area contributed by atoms with Gasteiger partial charge in [-0.3, -0.25) is 4.79 Å². The molecule has 0 aliphatic heterocycles. The minimum Gasteiger partial charge on any atom is -0.480 e. The Bertz CT molecular complexity index is 481. The first-order valence-electron chi connectivity index (χ1n) is 4.43. The molecule has 0 aliphatic rings. The number of sulfonamides is 1. The van der Waals surface area contributed by atoms with Crippen molar-refractivity contribution in [3.05, 3.63) is 24.3 Å². The van der Waals surface area contributed by atoms with Crippen molar-refractivity contribution in [1.82, 2.24) is 4.72 Å². The molecule has 16 heavy (non-hydrogen) atoms. The highest BCUT2D eigenvalue weighted by Crippen LogP contribution is 2.11. The summed E-state index contributed by atoms with van der Waals surface area (Å²) in [6, 6.07) is 4.31. The molecule has 0 radical (unpaired) electrons. The van der Waals surface area contributed by atoms with Gasteiger partial charge in [-0.15, -0.1) is 0 Å². The van der Waals surface area contributed by atoms with Gasteiger partial charge >= 0.3 is 5.97 Å². The lowest BCUT2D eigenvalue weighted by atomic mass is 10.3. The third-order valence-electron chi connectivity index (χ3n) is 1.89. The molecule has 0 aromatic heterocycles. The molecule has 0 saturated carbocycles. The highest BCUT2D eigenvalue weighted by Gasteiger charge is 2.20. The molecule has 7 heteroatoms. The number of anilines is 1. The molecule has 0 heterocycles. The normalized spacial score (nSPS) is 13.3. The number of carbonyl (C=O) groups is 1. The van der Waals surface area contributed by atoms with Crippen molar-refractivity contribution >= 4 is 21.7 Å². The molecular weight excluding hydrogens is 232 g/mol. The second kappa shape index (κ2) is 4.50. The zero-order valence-electron chi connectivity index (χ0n) is 8.54. The largest absolute Gasteiger partial charge is 0.480 e. The molecule has 0 aliphatic carbocycles. The van der Waals surface area contributed by atoms with Gasteiger partial charge < -0.3 is 10.8 Å². The van der Waals surface area contributed by atoms with Crippen LogP contribution in [0.25, 0.3) is 0 Å². The van der Waals surface area contributed by atoms with E-state index in [0.717, 1.165) is 0 Å². The summed E-state index contributed by atoms with van der Waals surface area (Å²) in [4.78, 5) is 10.5. The Morgan fingerprint density at radius 1 is 1.38 bits per heavy atom. The van der Waals surface area contributed by atoms with E-state index in [0.29, 0.717) is 5.69 Å². The van der Waals surface area contributed by atoms with Crippen molar-refractivity contribution in [3.8, 4) is 0 Å². The van der Waals surface area contributed by atoms with Crippen LogP contribution in [-0.4, -0.2) is 25.5 Å². The number of nitrogens with one attached hydrogen (secondary N) is 1. The fourth-order valence-corrected chi connectivity index (χ4v) is 2.19. The molecule has 0 unspecified atom stereocenters. The maximum atomic E-state index is 11.6. The van der Waals surface area contributed by atoms with Crippen molar-refractivity contribution < 1.29 is 18.3 Å². The van der Waals surface area contributed by atoms with Crippen LogP contribution in [0.3, 0.4) is 0 Å². The maximum Gasteiger partial charge on any atom is 0.321 e. The number of rotatable bonds is 4. The van der Waals surface area contributed by atoms with Crippen LogP contribution in [0.4, 0.5) is 5.69 Å². The molecule has 0 amide bonds. The number of hydrogen-bond acceptors (Lipinski definition) is 4. The number of carboxylic acid groups (broad SMARTS) is 1. The van der Waals surface area contributed by atoms with E-state index in [4.69, 9.17) is 10.8 Å². The van der Waals surface area contributed by atoms with E-state index in [2.05, 4.69) is 0 Å². The molecule has 1 rings (SSSR count). The molecule has 1 aromatic carbocycles.